The summed E-state index contributed by atoms with van der Waals surface area (Å²) in [4.78, 5) is 14.8. The molecule has 0 aliphatic rings. The van der Waals surface area contributed by atoms with Crippen molar-refractivity contribution in [3.63, 3.8) is 0 Å². The molecule has 3 aromatic carbocycles. The number of benzene rings is 3. The predicted octanol–water partition coefficient (Wildman–Crippen LogP) is 5.45. The second-order valence-corrected chi connectivity index (χ2v) is 6.43. The van der Waals surface area contributed by atoms with Gasteiger partial charge in [0.15, 0.2) is 0 Å². The van der Waals surface area contributed by atoms with Gasteiger partial charge in [0.25, 0.3) is 11.6 Å². The van der Waals surface area contributed by atoms with E-state index in [1.54, 1.807) is 12.1 Å². The fraction of sp³-hybridized carbons (Fsp3) is 0.0909. The number of hydrogen-bond acceptors (Lipinski definition) is 6. The average molecular weight is 387 g/mol. The van der Waals surface area contributed by atoms with E-state index in [0.717, 1.165) is 16.9 Å². The van der Waals surface area contributed by atoms with Gasteiger partial charge in [0.05, 0.1) is 4.92 Å². The smallest absolute Gasteiger partial charge is 0.270 e. The Morgan fingerprint density at radius 3 is 2.45 bits per heavy atom. The van der Waals surface area contributed by atoms with E-state index < -0.39 is 4.92 Å². The Bertz CT molecular complexity index is 1120. The van der Waals surface area contributed by atoms with Crippen LogP contribution >= 0.6 is 0 Å². The van der Waals surface area contributed by atoms with Crippen molar-refractivity contribution in [2.24, 2.45) is 0 Å². The molecule has 7 nitrogen and oxygen atoms in total. The van der Waals surface area contributed by atoms with Crippen LogP contribution in [0, 0.1) is 10.1 Å². The Morgan fingerprint density at radius 1 is 0.966 bits per heavy atom. The first-order valence-corrected chi connectivity index (χ1v) is 9.01. The molecule has 7 heteroatoms. The van der Waals surface area contributed by atoms with Crippen molar-refractivity contribution in [1.82, 2.24) is 10.1 Å². The van der Waals surface area contributed by atoms with Gasteiger partial charge < -0.3 is 9.26 Å². The number of aromatic nitrogens is 2. The summed E-state index contributed by atoms with van der Waals surface area (Å²) in [7, 11) is 0. The normalized spacial score (nSPS) is 11.8. The zero-order valence-electron chi connectivity index (χ0n) is 15.6. The number of rotatable bonds is 6. The number of hydrogen-bond donors (Lipinski definition) is 0. The monoisotopic (exact) mass is 387 g/mol. The van der Waals surface area contributed by atoms with Gasteiger partial charge in [0, 0.05) is 23.3 Å². The Hall–Kier alpha value is -4.00. The van der Waals surface area contributed by atoms with Crippen LogP contribution in [0.3, 0.4) is 0 Å². The van der Waals surface area contributed by atoms with Gasteiger partial charge in [-0.1, -0.05) is 41.6 Å². The molecular formula is C22H17N3O4. The fourth-order valence-electron chi connectivity index (χ4n) is 2.89. The van der Waals surface area contributed by atoms with E-state index in [4.69, 9.17) is 9.26 Å². The van der Waals surface area contributed by atoms with E-state index in [-0.39, 0.29) is 17.7 Å². The van der Waals surface area contributed by atoms with Crippen LogP contribution in [0.2, 0.25) is 0 Å². The highest BCUT2D eigenvalue weighted by Gasteiger charge is 2.14. The molecule has 1 aromatic heterocycles. The van der Waals surface area contributed by atoms with Gasteiger partial charge in [-0.25, -0.2) is 0 Å². The minimum Gasteiger partial charge on any atom is -0.486 e. The van der Waals surface area contributed by atoms with Crippen LogP contribution in [0.25, 0.3) is 22.8 Å². The molecule has 0 spiro atoms. The van der Waals surface area contributed by atoms with E-state index in [1.165, 1.54) is 12.1 Å². The quantitative estimate of drug-likeness (QED) is 0.323. The summed E-state index contributed by atoms with van der Waals surface area (Å²) in [5.41, 5.74) is 2.31. The predicted molar refractivity (Wildman–Crippen MR) is 107 cm³/mol. The zero-order chi connectivity index (χ0) is 20.2. The highest BCUT2D eigenvalue weighted by Crippen LogP contribution is 2.27. The molecule has 4 aromatic rings. The lowest BCUT2D eigenvalue weighted by molar-refractivity contribution is -0.384. The lowest BCUT2D eigenvalue weighted by atomic mass is 10.1. The number of nitrogens with zero attached hydrogens (tertiary/aromatic N) is 3. The standard InChI is InChI=1S/C22H17N3O4/c1-15(16-6-3-2-4-7-16)28-20-12-10-17(11-13-20)21-23-22(29-24-21)18-8-5-9-19(14-18)25(26)27/h2-15H,1H3/t15-/m0/s1. The molecule has 144 valence electrons. The van der Waals surface area contributed by atoms with Crippen LogP contribution in [0.5, 0.6) is 5.75 Å². The molecule has 0 bridgehead atoms. The van der Waals surface area contributed by atoms with Crippen molar-refractivity contribution in [3.05, 3.63) is 94.5 Å². The third-order valence-corrected chi connectivity index (χ3v) is 4.42. The van der Waals surface area contributed by atoms with Crippen LogP contribution < -0.4 is 4.74 Å². The van der Waals surface area contributed by atoms with Crippen LogP contribution in [-0.2, 0) is 0 Å². The van der Waals surface area contributed by atoms with Gasteiger partial charge in [0.1, 0.15) is 11.9 Å². The molecular weight excluding hydrogens is 370 g/mol. The van der Waals surface area contributed by atoms with Crippen molar-refractivity contribution in [3.8, 4) is 28.6 Å². The molecule has 0 aliphatic carbocycles. The minimum atomic E-state index is -0.462. The lowest BCUT2D eigenvalue weighted by Gasteiger charge is -2.15. The van der Waals surface area contributed by atoms with Gasteiger partial charge in [-0.2, -0.15) is 4.98 Å². The maximum Gasteiger partial charge on any atom is 0.270 e. The molecule has 0 fully saturated rings. The Balaban J connectivity index is 1.50. The Morgan fingerprint density at radius 2 is 1.72 bits per heavy atom. The van der Waals surface area contributed by atoms with E-state index in [9.17, 15) is 10.1 Å². The zero-order valence-corrected chi connectivity index (χ0v) is 15.6. The molecule has 1 heterocycles. The molecule has 0 unspecified atom stereocenters. The fourth-order valence-corrected chi connectivity index (χ4v) is 2.89. The molecule has 0 saturated carbocycles. The first-order chi connectivity index (χ1) is 14.1. The SMILES string of the molecule is C[C@H](Oc1ccc(-c2noc(-c3cccc([N+](=O)[O-])c3)n2)cc1)c1ccccc1. The first kappa shape index (κ1) is 18.4. The molecule has 0 amide bonds. The van der Waals surface area contributed by atoms with Crippen molar-refractivity contribution in [2.75, 3.05) is 0 Å². The molecule has 0 radical (unpaired) electrons. The van der Waals surface area contributed by atoms with Gasteiger partial charge in [-0.05, 0) is 42.8 Å². The Labute approximate surface area is 166 Å². The topological polar surface area (TPSA) is 91.3 Å². The van der Waals surface area contributed by atoms with Crippen LogP contribution in [0.15, 0.2) is 83.4 Å². The van der Waals surface area contributed by atoms with Gasteiger partial charge >= 0.3 is 0 Å². The summed E-state index contributed by atoms with van der Waals surface area (Å²) >= 11 is 0. The largest absolute Gasteiger partial charge is 0.486 e. The van der Waals surface area contributed by atoms with Gasteiger partial charge in [-0.15, -0.1) is 0 Å². The van der Waals surface area contributed by atoms with Crippen molar-refractivity contribution in [2.45, 2.75) is 13.0 Å². The van der Waals surface area contributed by atoms with Crippen molar-refractivity contribution < 1.29 is 14.2 Å². The van der Waals surface area contributed by atoms with E-state index >= 15 is 0 Å². The highest BCUT2D eigenvalue weighted by atomic mass is 16.6. The molecule has 0 saturated heterocycles. The van der Waals surface area contributed by atoms with E-state index in [1.807, 2.05) is 61.5 Å². The summed E-state index contributed by atoms with van der Waals surface area (Å²) in [6, 6.07) is 23.4. The number of nitro benzene ring substituents is 1. The maximum atomic E-state index is 10.9. The van der Waals surface area contributed by atoms with E-state index in [2.05, 4.69) is 10.1 Å². The molecule has 0 aliphatic heterocycles. The molecule has 1 atom stereocenters. The van der Waals surface area contributed by atoms with Crippen LogP contribution in [0.1, 0.15) is 18.6 Å². The lowest BCUT2D eigenvalue weighted by Crippen LogP contribution is -2.02. The van der Waals surface area contributed by atoms with Crippen molar-refractivity contribution >= 4 is 5.69 Å². The average Bonchev–Trinajstić information content (AvgIpc) is 3.25. The first-order valence-electron chi connectivity index (χ1n) is 9.01. The summed E-state index contributed by atoms with van der Waals surface area (Å²) < 4.78 is 11.3. The second-order valence-electron chi connectivity index (χ2n) is 6.43. The number of nitro groups is 1. The highest BCUT2D eigenvalue weighted by molar-refractivity contribution is 5.62. The number of non-ortho nitro benzene ring substituents is 1. The Kier molecular flexibility index (Phi) is 5.03. The minimum absolute atomic E-state index is 0.0312. The van der Waals surface area contributed by atoms with Gasteiger partial charge in [-0.3, -0.25) is 10.1 Å². The third-order valence-electron chi connectivity index (χ3n) is 4.42. The summed E-state index contributed by atoms with van der Waals surface area (Å²) in [5, 5.41) is 14.9. The third kappa shape index (κ3) is 4.14. The van der Waals surface area contributed by atoms with Crippen LogP contribution in [-0.4, -0.2) is 15.1 Å². The van der Waals surface area contributed by atoms with E-state index in [0.29, 0.717) is 11.4 Å². The second kappa shape index (κ2) is 7.93. The van der Waals surface area contributed by atoms with Crippen LogP contribution in [0.4, 0.5) is 5.69 Å². The molecule has 4 rings (SSSR count). The summed E-state index contributed by atoms with van der Waals surface area (Å²) in [6.07, 6.45) is -0.0762. The van der Waals surface area contributed by atoms with Gasteiger partial charge in [0.2, 0.25) is 5.82 Å². The molecule has 0 N–H and O–H groups in total. The summed E-state index contributed by atoms with van der Waals surface area (Å²) in [5.74, 6) is 1.35. The number of ether oxygens (including phenoxy) is 1. The van der Waals surface area contributed by atoms with Crippen molar-refractivity contribution in [1.29, 1.82) is 0 Å². The summed E-state index contributed by atoms with van der Waals surface area (Å²) in [6.45, 7) is 1.99. The molecule has 29 heavy (non-hydrogen) atoms. The maximum absolute atomic E-state index is 10.9.